The predicted molar refractivity (Wildman–Crippen MR) is 256 cm³/mol. The van der Waals surface area contributed by atoms with E-state index in [9.17, 15) is 48.2 Å². The first kappa shape index (κ1) is 56.1. The summed E-state index contributed by atoms with van der Waals surface area (Å²) in [4.78, 5) is 105. The van der Waals surface area contributed by atoms with Gasteiger partial charge in [-0.25, -0.2) is 9.55 Å². The quantitative estimate of drug-likeness (QED) is 0.0352. The highest BCUT2D eigenvalue weighted by molar-refractivity contribution is 7.46. The molecule has 2 heterocycles. The highest BCUT2D eigenvalue weighted by Crippen LogP contribution is 2.38. The van der Waals surface area contributed by atoms with E-state index in [-0.39, 0.29) is 37.6 Å². The van der Waals surface area contributed by atoms with E-state index in [1.54, 1.807) is 12.5 Å². The summed E-state index contributed by atoms with van der Waals surface area (Å²) in [5, 5.41) is 20.4. The van der Waals surface area contributed by atoms with Gasteiger partial charge in [-0.05, 0) is 68.9 Å². The number of hydrogen-bond donors (Lipinski definition) is 8. The number of imidazole rings is 1. The fourth-order valence-electron chi connectivity index (χ4n) is 8.25. The van der Waals surface area contributed by atoms with Crippen LogP contribution in [0.1, 0.15) is 95.9 Å². The van der Waals surface area contributed by atoms with Crippen LogP contribution in [0.15, 0.2) is 73.2 Å². The van der Waals surface area contributed by atoms with Gasteiger partial charge in [0.05, 0.1) is 25.1 Å². The summed E-state index contributed by atoms with van der Waals surface area (Å²) in [5.74, 6) is -5.06. The summed E-state index contributed by atoms with van der Waals surface area (Å²) >= 11 is 0. The number of benzene rings is 2. The van der Waals surface area contributed by atoms with E-state index >= 15 is 0 Å². The van der Waals surface area contributed by atoms with Crippen LogP contribution in [-0.2, 0) is 68.4 Å². The van der Waals surface area contributed by atoms with Gasteiger partial charge < -0.3 is 56.1 Å². The number of phosphoric ester groups is 1. The van der Waals surface area contributed by atoms with Gasteiger partial charge in [0.25, 0.3) is 0 Å². The van der Waals surface area contributed by atoms with Gasteiger partial charge in [0.1, 0.15) is 30.2 Å². The van der Waals surface area contributed by atoms with Crippen molar-refractivity contribution in [3.8, 4) is 0 Å². The Hall–Kier alpha value is -5.50. The number of amides is 6. The third-order valence-electron chi connectivity index (χ3n) is 11.9. The zero-order valence-corrected chi connectivity index (χ0v) is 40.9. The third-order valence-corrected chi connectivity index (χ3v) is 12.5. The second-order valence-corrected chi connectivity index (χ2v) is 19.2. The molecule has 1 unspecified atom stereocenters. The molecule has 1 saturated heterocycles. The van der Waals surface area contributed by atoms with Crippen molar-refractivity contribution in [3.63, 3.8) is 0 Å². The Kier molecular flexibility index (Phi) is 23.0. The first-order valence-electron chi connectivity index (χ1n) is 23.7. The van der Waals surface area contributed by atoms with E-state index in [1.165, 1.54) is 23.0 Å². The van der Waals surface area contributed by atoms with Crippen molar-refractivity contribution >= 4 is 43.3 Å². The van der Waals surface area contributed by atoms with Gasteiger partial charge in [0, 0.05) is 51.4 Å². The largest absolute Gasteiger partial charge is 0.469 e. The van der Waals surface area contributed by atoms with Crippen LogP contribution in [0.25, 0.3) is 0 Å². The monoisotopic (exact) mass is 982 g/mol. The molecule has 0 spiro atoms. The number of hydrogen-bond acceptors (Lipinski definition) is 11. The van der Waals surface area contributed by atoms with Gasteiger partial charge in [-0.2, -0.15) is 0 Å². The predicted octanol–water partition coefficient (Wildman–Crippen LogP) is 2.22. The number of rotatable bonds is 30. The summed E-state index contributed by atoms with van der Waals surface area (Å²) in [5.41, 5.74) is 8.44. The summed E-state index contributed by atoms with van der Waals surface area (Å²) in [6.07, 6.45) is 8.61. The van der Waals surface area contributed by atoms with Gasteiger partial charge in [0.2, 0.25) is 35.4 Å². The topological polar surface area (TPSA) is 294 Å². The van der Waals surface area contributed by atoms with Gasteiger partial charge in [-0.3, -0.25) is 33.3 Å². The number of unbranched alkanes of at least 4 members (excludes halogenated alkanes) is 4. The molecule has 2 aromatic carbocycles. The van der Waals surface area contributed by atoms with Gasteiger partial charge >= 0.3 is 7.82 Å². The standard InChI is InChI=1S/C48H71N8O12P/c1-32(2)25-39(52-48(63)42-27-38(29-56(42)34(4)58)67-24-16-14-22-36-20-12-8-13-21-36)45(60)51-40(26-37-28-50-31-55(37)23-15-6-5-9-17-35-18-10-7-11-19-35)46(61)53-41(30-57)47(62)54-43(44(49)59)33(3)68-69(64,65)66/h7-8,10-13,18-21,28,31-33,38-43,57H,5-6,9,14-17,22-27,29-30H2,1-4H3,(H2,49,59)(H,51,60)(H,52,63)(H,53,61)(H,54,62)(H2,64,65,66)/t33-,38-,39+,40+,41+,42+,43?/m1/s1. The van der Waals surface area contributed by atoms with Crippen molar-refractivity contribution in [2.24, 2.45) is 11.7 Å². The zero-order valence-electron chi connectivity index (χ0n) is 40.0. The lowest BCUT2D eigenvalue weighted by Crippen LogP contribution is -2.61. The number of ether oxygens (including phenoxy) is 1. The molecule has 9 N–H and O–H groups in total. The summed E-state index contributed by atoms with van der Waals surface area (Å²) < 4.78 is 24.0. The molecule has 6 amide bonds. The van der Waals surface area contributed by atoms with Crippen molar-refractivity contribution in [1.29, 1.82) is 0 Å². The van der Waals surface area contributed by atoms with Crippen molar-refractivity contribution in [1.82, 2.24) is 35.7 Å². The average Bonchev–Trinajstić information content (AvgIpc) is 3.94. The number of carbonyl (C=O) groups excluding carboxylic acids is 6. The van der Waals surface area contributed by atoms with Crippen LogP contribution in [0.4, 0.5) is 0 Å². The van der Waals surface area contributed by atoms with Crippen LogP contribution in [0, 0.1) is 5.92 Å². The van der Waals surface area contributed by atoms with Crippen molar-refractivity contribution in [2.45, 2.75) is 147 Å². The molecule has 21 heteroatoms. The second kappa shape index (κ2) is 28.2. The van der Waals surface area contributed by atoms with Gasteiger partial charge in [-0.15, -0.1) is 0 Å². The van der Waals surface area contributed by atoms with Crippen molar-refractivity contribution in [3.05, 3.63) is 90.0 Å². The Morgan fingerprint density at radius 1 is 0.797 bits per heavy atom. The number of aromatic nitrogens is 2. The minimum absolute atomic E-state index is 0.125. The summed E-state index contributed by atoms with van der Waals surface area (Å²) in [6, 6.07) is 13.3. The van der Waals surface area contributed by atoms with Gasteiger partial charge in [0.15, 0.2) is 0 Å². The average molecular weight is 983 g/mol. The second-order valence-electron chi connectivity index (χ2n) is 18.0. The van der Waals surface area contributed by atoms with Crippen LogP contribution in [-0.4, -0.2) is 127 Å². The molecule has 7 atom stereocenters. The molecule has 20 nitrogen and oxygen atoms in total. The maximum atomic E-state index is 14.3. The molecular formula is C48H71N8O12P. The molecule has 1 fully saturated rings. The first-order chi connectivity index (χ1) is 32.8. The van der Waals surface area contributed by atoms with Crippen LogP contribution in [0.3, 0.4) is 0 Å². The number of likely N-dealkylation sites (tertiary alicyclic amines) is 1. The molecular weight excluding hydrogens is 912 g/mol. The number of carbonyl (C=O) groups is 6. The van der Waals surface area contributed by atoms with E-state index in [4.69, 9.17) is 10.5 Å². The van der Waals surface area contributed by atoms with E-state index in [0.29, 0.717) is 18.8 Å². The minimum Gasteiger partial charge on any atom is -0.394 e. The lowest BCUT2D eigenvalue weighted by atomic mass is 10.0. The number of aryl methyl sites for hydroxylation is 3. The molecule has 0 saturated carbocycles. The molecule has 4 rings (SSSR count). The van der Waals surface area contributed by atoms with E-state index in [1.807, 2.05) is 54.8 Å². The maximum Gasteiger partial charge on any atom is 0.469 e. The Balaban J connectivity index is 1.48. The number of nitrogens with one attached hydrogen (secondary N) is 4. The SMILES string of the molecule is CC(=O)N1C[C@H](OCCCCc2ccccc2)C[C@H]1C(=O)N[C@@H](CC(C)C)C(=O)N[C@@H](Cc1cncn1CCCCCCc1ccccc1)C(=O)N[C@@H](CO)C(=O)NC(C(N)=O)[C@@H](C)OP(=O)(O)O. The Morgan fingerprint density at radius 3 is 1.96 bits per heavy atom. The number of phosphoric acid groups is 1. The molecule has 3 aromatic rings. The van der Waals surface area contributed by atoms with Crippen LogP contribution < -0.4 is 27.0 Å². The molecule has 1 aliphatic heterocycles. The highest BCUT2D eigenvalue weighted by Gasteiger charge is 2.41. The van der Waals surface area contributed by atoms with Crippen molar-refractivity contribution < 1.29 is 57.5 Å². The number of primary amides is 1. The fraction of sp³-hybridized carbons (Fsp3) is 0.562. The maximum absolute atomic E-state index is 14.3. The number of nitrogens with two attached hydrogens (primary N) is 1. The number of nitrogens with zero attached hydrogens (tertiary/aromatic N) is 3. The lowest BCUT2D eigenvalue weighted by Gasteiger charge is -2.28. The van der Waals surface area contributed by atoms with E-state index < -0.39 is 86.4 Å². The minimum atomic E-state index is -5.13. The Morgan fingerprint density at radius 2 is 1.38 bits per heavy atom. The Labute approximate surface area is 404 Å². The van der Waals surface area contributed by atoms with Crippen LogP contribution >= 0.6 is 7.82 Å². The molecule has 0 radical (unpaired) electrons. The zero-order chi connectivity index (χ0) is 50.5. The fourth-order valence-corrected chi connectivity index (χ4v) is 8.80. The third kappa shape index (κ3) is 19.4. The lowest BCUT2D eigenvalue weighted by molar-refractivity contribution is -0.139. The normalized spacial score (nSPS) is 17.1. The van der Waals surface area contributed by atoms with E-state index in [0.717, 1.165) is 58.3 Å². The molecule has 1 aromatic heterocycles. The number of aliphatic hydroxyl groups excluding tert-OH is 1. The molecule has 380 valence electrons. The Bertz CT molecular complexity index is 2160. The number of aliphatic hydroxyl groups is 1. The smallest absolute Gasteiger partial charge is 0.394 e. The highest BCUT2D eigenvalue weighted by atomic mass is 31.2. The van der Waals surface area contributed by atoms with Crippen LogP contribution in [0.5, 0.6) is 0 Å². The summed E-state index contributed by atoms with van der Waals surface area (Å²) in [6.45, 7) is 6.35. The molecule has 0 bridgehead atoms. The summed E-state index contributed by atoms with van der Waals surface area (Å²) in [7, 11) is -5.13. The van der Waals surface area contributed by atoms with E-state index in [2.05, 4.69) is 55.0 Å². The van der Waals surface area contributed by atoms with Crippen molar-refractivity contribution in [2.75, 3.05) is 19.8 Å². The molecule has 1 aliphatic rings. The molecule has 0 aliphatic carbocycles. The van der Waals surface area contributed by atoms with Crippen LogP contribution in [0.2, 0.25) is 0 Å². The molecule has 69 heavy (non-hydrogen) atoms. The first-order valence-corrected chi connectivity index (χ1v) is 25.2. The van der Waals surface area contributed by atoms with Gasteiger partial charge in [-0.1, -0.05) is 87.4 Å².